The largest absolute Gasteiger partial charge is 0.389 e. The summed E-state index contributed by atoms with van der Waals surface area (Å²) >= 11 is 0. The van der Waals surface area contributed by atoms with Gasteiger partial charge in [-0.05, 0) is 126 Å². The van der Waals surface area contributed by atoms with Crippen LogP contribution in [0, 0.1) is 56.7 Å². The molecule has 10 atom stereocenters. The van der Waals surface area contributed by atoms with Crippen LogP contribution in [-0.4, -0.2) is 11.2 Å². The van der Waals surface area contributed by atoms with Crippen LogP contribution in [0.2, 0.25) is 0 Å². The van der Waals surface area contributed by atoms with Gasteiger partial charge in [-0.25, -0.2) is 0 Å². The lowest BCUT2D eigenvalue weighted by atomic mass is 9.31. The van der Waals surface area contributed by atoms with Crippen LogP contribution in [0.3, 0.4) is 0 Å². The van der Waals surface area contributed by atoms with Crippen LogP contribution in [0.5, 0.6) is 0 Å². The molecule has 0 aromatic heterocycles. The number of fused-ring (bicyclic) bond motifs is 7. The standard InChI is InChI=1S/C30H50O/c1-19(2)21-11-13-26(4)15-17-29(7)24-12-14-27(5)20(3)22(31)9-10-23(27)28(24,6)16-18-30(29,8)25(21)26/h19,21-25,31H,3,9-18H2,1-2,4-8H3. The van der Waals surface area contributed by atoms with Gasteiger partial charge in [0, 0.05) is 0 Å². The van der Waals surface area contributed by atoms with Gasteiger partial charge in [0.25, 0.3) is 0 Å². The van der Waals surface area contributed by atoms with Crippen LogP contribution in [0.15, 0.2) is 12.2 Å². The summed E-state index contributed by atoms with van der Waals surface area (Å²) in [6, 6.07) is 0. The zero-order valence-corrected chi connectivity index (χ0v) is 21.7. The topological polar surface area (TPSA) is 20.2 Å². The number of aliphatic hydroxyl groups is 1. The summed E-state index contributed by atoms with van der Waals surface area (Å²) in [4.78, 5) is 0. The van der Waals surface area contributed by atoms with Crippen molar-refractivity contribution < 1.29 is 5.11 Å². The minimum atomic E-state index is -0.272. The molecule has 31 heavy (non-hydrogen) atoms. The Kier molecular flexibility index (Phi) is 4.82. The van der Waals surface area contributed by atoms with Crippen molar-refractivity contribution in [3.05, 3.63) is 12.2 Å². The molecule has 1 nitrogen and oxygen atoms in total. The molecular weight excluding hydrogens is 376 g/mol. The normalized spacial score (nSPS) is 59.0. The molecule has 5 aliphatic carbocycles. The molecule has 0 aromatic carbocycles. The fourth-order valence-electron chi connectivity index (χ4n) is 11.5. The van der Waals surface area contributed by atoms with E-state index in [4.69, 9.17) is 0 Å². The van der Waals surface area contributed by atoms with Gasteiger partial charge in [0.15, 0.2) is 0 Å². The molecule has 0 aromatic rings. The second-order valence-corrected chi connectivity index (χ2v) is 14.6. The third-order valence-corrected chi connectivity index (χ3v) is 13.4. The van der Waals surface area contributed by atoms with Gasteiger partial charge in [-0.15, -0.1) is 0 Å². The van der Waals surface area contributed by atoms with Crippen LogP contribution < -0.4 is 0 Å². The average molecular weight is 427 g/mol. The first kappa shape index (κ1) is 22.5. The number of hydrogen-bond donors (Lipinski definition) is 1. The zero-order valence-electron chi connectivity index (χ0n) is 21.7. The Morgan fingerprint density at radius 2 is 1.45 bits per heavy atom. The van der Waals surface area contributed by atoms with Crippen molar-refractivity contribution in [1.29, 1.82) is 0 Å². The van der Waals surface area contributed by atoms with Gasteiger partial charge >= 0.3 is 0 Å². The molecule has 176 valence electrons. The molecule has 1 heteroatoms. The Morgan fingerprint density at radius 3 is 2.13 bits per heavy atom. The van der Waals surface area contributed by atoms with Gasteiger partial charge in [0.2, 0.25) is 0 Å². The van der Waals surface area contributed by atoms with E-state index in [1.165, 1.54) is 57.8 Å². The van der Waals surface area contributed by atoms with E-state index >= 15 is 0 Å². The molecule has 0 aliphatic heterocycles. The van der Waals surface area contributed by atoms with E-state index < -0.39 is 0 Å². The van der Waals surface area contributed by atoms with E-state index in [2.05, 4.69) is 55.0 Å². The number of aliphatic hydroxyl groups excluding tert-OH is 1. The highest BCUT2D eigenvalue weighted by atomic mass is 16.3. The average Bonchev–Trinajstić information content (AvgIpc) is 3.06. The first-order valence-corrected chi connectivity index (χ1v) is 13.7. The Bertz CT molecular complexity index is 768. The summed E-state index contributed by atoms with van der Waals surface area (Å²) in [7, 11) is 0. The quantitative estimate of drug-likeness (QED) is 0.421. The smallest absolute Gasteiger partial charge is 0.0753 e. The Hall–Kier alpha value is -0.300. The van der Waals surface area contributed by atoms with Crippen molar-refractivity contribution in [3.63, 3.8) is 0 Å². The van der Waals surface area contributed by atoms with Gasteiger partial charge in [0.1, 0.15) is 0 Å². The van der Waals surface area contributed by atoms with E-state index in [0.29, 0.717) is 27.6 Å². The van der Waals surface area contributed by atoms with Crippen LogP contribution in [0.25, 0.3) is 0 Å². The lowest BCUT2D eigenvalue weighted by molar-refractivity contribution is -0.241. The van der Waals surface area contributed by atoms with Crippen LogP contribution in [0.1, 0.15) is 113 Å². The molecule has 0 bridgehead atoms. The van der Waals surface area contributed by atoms with E-state index in [9.17, 15) is 5.11 Å². The first-order chi connectivity index (χ1) is 14.3. The van der Waals surface area contributed by atoms with Crippen LogP contribution >= 0.6 is 0 Å². The van der Waals surface area contributed by atoms with Gasteiger partial charge in [-0.1, -0.05) is 55.0 Å². The predicted octanol–water partition coefficient (Wildman–Crippen LogP) is 8.02. The maximum absolute atomic E-state index is 10.7. The minimum Gasteiger partial charge on any atom is -0.389 e. The van der Waals surface area contributed by atoms with E-state index in [1.54, 1.807) is 0 Å². The third-order valence-electron chi connectivity index (χ3n) is 13.4. The van der Waals surface area contributed by atoms with Crippen molar-refractivity contribution in [2.24, 2.45) is 56.7 Å². The lowest BCUT2D eigenvalue weighted by Gasteiger charge is -2.73. The van der Waals surface area contributed by atoms with Crippen LogP contribution in [0.4, 0.5) is 0 Å². The van der Waals surface area contributed by atoms with Gasteiger partial charge in [-0.2, -0.15) is 0 Å². The highest BCUT2D eigenvalue weighted by Crippen LogP contribution is 2.79. The predicted molar refractivity (Wildman–Crippen MR) is 131 cm³/mol. The molecule has 0 amide bonds. The molecule has 5 rings (SSSR count). The summed E-state index contributed by atoms with van der Waals surface area (Å²) in [5.74, 6) is 4.17. The highest BCUT2D eigenvalue weighted by molar-refractivity contribution is 5.26. The van der Waals surface area contributed by atoms with Gasteiger partial charge in [-0.3, -0.25) is 0 Å². The number of hydrogen-bond acceptors (Lipinski definition) is 1. The molecule has 0 heterocycles. The second-order valence-electron chi connectivity index (χ2n) is 14.6. The molecule has 0 radical (unpaired) electrons. The first-order valence-electron chi connectivity index (χ1n) is 13.7. The van der Waals surface area contributed by atoms with E-state index in [-0.39, 0.29) is 11.5 Å². The van der Waals surface area contributed by atoms with Gasteiger partial charge in [0.05, 0.1) is 6.10 Å². The molecule has 1 N–H and O–H groups in total. The summed E-state index contributed by atoms with van der Waals surface area (Å²) in [6.07, 6.45) is 13.1. The highest BCUT2D eigenvalue weighted by Gasteiger charge is 2.71. The van der Waals surface area contributed by atoms with Crippen molar-refractivity contribution >= 4 is 0 Å². The van der Waals surface area contributed by atoms with E-state index in [0.717, 1.165) is 35.7 Å². The zero-order chi connectivity index (χ0) is 22.6. The second kappa shape index (κ2) is 6.64. The maximum Gasteiger partial charge on any atom is 0.0753 e. The Balaban J connectivity index is 1.56. The minimum absolute atomic E-state index is 0.143. The van der Waals surface area contributed by atoms with E-state index in [1.807, 2.05) is 0 Å². The maximum atomic E-state index is 10.7. The third kappa shape index (κ3) is 2.60. The Morgan fingerprint density at radius 1 is 0.774 bits per heavy atom. The van der Waals surface area contributed by atoms with Crippen molar-refractivity contribution in [1.82, 2.24) is 0 Å². The molecular formula is C30H50O. The summed E-state index contributed by atoms with van der Waals surface area (Å²) in [5, 5.41) is 10.7. The van der Waals surface area contributed by atoms with Crippen molar-refractivity contribution in [2.75, 3.05) is 0 Å². The fraction of sp³-hybridized carbons (Fsp3) is 0.933. The lowest BCUT2D eigenvalue weighted by Crippen LogP contribution is -2.66. The molecule has 5 fully saturated rings. The molecule has 10 unspecified atom stereocenters. The van der Waals surface area contributed by atoms with Gasteiger partial charge < -0.3 is 5.11 Å². The summed E-state index contributed by atoms with van der Waals surface area (Å²) in [5.41, 5.74) is 3.22. The molecule has 5 saturated carbocycles. The summed E-state index contributed by atoms with van der Waals surface area (Å²) in [6.45, 7) is 22.8. The number of rotatable bonds is 1. The Labute approximate surface area is 192 Å². The SMILES string of the molecule is C=C1C(O)CCC2C1(C)CCC1C2(C)CCC2(C)C3C(C(C)C)CCC3(C)CCC12C. The monoisotopic (exact) mass is 426 g/mol. The molecule has 5 aliphatic rings. The molecule has 0 saturated heterocycles. The van der Waals surface area contributed by atoms with Crippen molar-refractivity contribution in [2.45, 2.75) is 119 Å². The van der Waals surface area contributed by atoms with Crippen LogP contribution in [-0.2, 0) is 0 Å². The fourth-order valence-corrected chi connectivity index (χ4v) is 11.5. The summed E-state index contributed by atoms with van der Waals surface area (Å²) < 4.78 is 0. The van der Waals surface area contributed by atoms with Crippen molar-refractivity contribution in [3.8, 4) is 0 Å². The molecule has 0 spiro atoms.